The zero-order chi connectivity index (χ0) is 28.6. The SMILES string of the molecule is COc1ccc2cc1OCCN(C(=O)CCCS(N)(=O)=O)CC(=O)N[C@H](C(C)C)C(=O)NCCn1ccnc1-2. The largest absolute Gasteiger partial charge is 0.493 e. The number of imidazole rings is 1. The van der Waals surface area contributed by atoms with Crippen molar-refractivity contribution in [2.24, 2.45) is 11.1 Å². The summed E-state index contributed by atoms with van der Waals surface area (Å²) in [7, 11) is -2.22. The molecule has 0 fully saturated rings. The number of methoxy groups -OCH3 is 1. The molecule has 4 N–H and O–H groups in total. The molecule has 1 aromatic heterocycles. The Morgan fingerprint density at radius 2 is 2.05 bits per heavy atom. The maximum atomic E-state index is 12.9. The molecule has 0 unspecified atom stereocenters. The Morgan fingerprint density at radius 3 is 2.74 bits per heavy atom. The molecule has 214 valence electrons. The van der Waals surface area contributed by atoms with E-state index < -0.39 is 27.9 Å². The van der Waals surface area contributed by atoms with Gasteiger partial charge in [-0.05, 0) is 30.5 Å². The Kier molecular flexibility index (Phi) is 10.3. The smallest absolute Gasteiger partial charge is 0.242 e. The number of hydrogen-bond acceptors (Lipinski definition) is 8. The molecule has 1 aliphatic rings. The van der Waals surface area contributed by atoms with Gasteiger partial charge in [-0.2, -0.15) is 0 Å². The van der Waals surface area contributed by atoms with Crippen LogP contribution >= 0.6 is 0 Å². The molecule has 14 heteroatoms. The number of nitrogens with zero attached hydrogens (tertiary/aromatic N) is 3. The summed E-state index contributed by atoms with van der Waals surface area (Å²) < 4.78 is 35.9. The van der Waals surface area contributed by atoms with Crippen molar-refractivity contribution in [2.75, 3.05) is 39.1 Å². The van der Waals surface area contributed by atoms with Gasteiger partial charge in [0.1, 0.15) is 18.5 Å². The molecular formula is C25H36N6O7S. The summed E-state index contributed by atoms with van der Waals surface area (Å²) in [6.07, 6.45) is 3.35. The third-order valence-electron chi connectivity index (χ3n) is 6.18. The average molecular weight is 565 g/mol. The highest BCUT2D eigenvalue weighted by Crippen LogP contribution is 2.32. The summed E-state index contributed by atoms with van der Waals surface area (Å²) in [6.45, 7) is 4.09. The Labute approximate surface area is 228 Å². The van der Waals surface area contributed by atoms with E-state index in [1.54, 1.807) is 18.3 Å². The van der Waals surface area contributed by atoms with Gasteiger partial charge in [0.25, 0.3) is 0 Å². The molecule has 1 aliphatic heterocycles. The van der Waals surface area contributed by atoms with E-state index in [4.69, 9.17) is 14.6 Å². The van der Waals surface area contributed by atoms with E-state index in [-0.39, 0.29) is 50.1 Å². The van der Waals surface area contributed by atoms with Crippen LogP contribution in [0, 0.1) is 5.92 Å². The minimum Gasteiger partial charge on any atom is -0.493 e. The number of carbonyl (C=O) groups excluding carboxylic acids is 3. The number of benzene rings is 1. The first-order valence-electron chi connectivity index (χ1n) is 12.7. The van der Waals surface area contributed by atoms with Crippen molar-refractivity contribution in [1.29, 1.82) is 0 Å². The van der Waals surface area contributed by atoms with Crippen molar-refractivity contribution in [3.8, 4) is 22.9 Å². The molecule has 0 spiro atoms. The average Bonchev–Trinajstić information content (AvgIpc) is 3.33. The monoisotopic (exact) mass is 564 g/mol. The lowest BCUT2D eigenvalue weighted by Gasteiger charge is -2.26. The fourth-order valence-electron chi connectivity index (χ4n) is 4.16. The van der Waals surface area contributed by atoms with Crippen LogP contribution < -0.4 is 25.2 Å². The third kappa shape index (κ3) is 8.68. The van der Waals surface area contributed by atoms with Gasteiger partial charge in [-0.1, -0.05) is 13.8 Å². The normalized spacial score (nSPS) is 17.5. The van der Waals surface area contributed by atoms with Crippen LogP contribution in [0.15, 0.2) is 30.6 Å². The van der Waals surface area contributed by atoms with Crippen LogP contribution in [0.5, 0.6) is 11.5 Å². The number of ether oxygens (including phenoxy) is 2. The maximum absolute atomic E-state index is 12.9. The van der Waals surface area contributed by atoms with E-state index in [9.17, 15) is 22.8 Å². The maximum Gasteiger partial charge on any atom is 0.242 e. The molecular weight excluding hydrogens is 528 g/mol. The van der Waals surface area contributed by atoms with Crippen molar-refractivity contribution in [3.05, 3.63) is 30.6 Å². The van der Waals surface area contributed by atoms with Gasteiger partial charge in [-0.25, -0.2) is 18.5 Å². The van der Waals surface area contributed by atoms with E-state index >= 15 is 0 Å². The van der Waals surface area contributed by atoms with Gasteiger partial charge in [0, 0.05) is 37.5 Å². The summed E-state index contributed by atoms with van der Waals surface area (Å²) in [5.41, 5.74) is 0.763. The van der Waals surface area contributed by atoms with Crippen LogP contribution in [0.4, 0.5) is 0 Å². The highest BCUT2D eigenvalue weighted by Gasteiger charge is 2.26. The second-order valence-corrected chi connectivity index (χ2v) is 11.3. The summed E-state index contributed by atoms with van der Waals surface area (Å²) in [4.78, 5) is 44.5. The van der Waals surface area contributed by atoms with Crippen LogP contribution in [-0.2, 0) is 31.0 Å². The summed E-state index contributed by atoms with van der Waals surface area (Å²) in [5, 5.41) is 10.6. The standard InChI is InChI=1S/C25H36N6O7S/c1-17(2)23-25(34)28-9-11-30-10-8-27-24(30)18-6-7-19(37-3)20(15-18)38-13-12-31(16-21(32)29-23)22(33)5-4-14-39(26,35)36/h6-8,10,15,17,23H,4-5,9,11-14,16H2,1-3H3,(H,28,34)(H,29,32)(H2,26,35,36)/t23-/m1/s1. The summed E-state index contributed by atoms with van der Waals surface area (Å²) >= 11 is 0. The molecule has 0 aliphatic carbocycles. The molecule has 0 saturated heterocycles. The number of fused-ring (bicyclic) bond motifs is 4. The minimum absolute atomic E-state index is 0.0101. The number of primary sulfonamides is 1. The van der Waals surface area contributed by atoms with Gasteiger partial charge in [0.2, 0.25) is 27.7 Å². The second-order valence-electron chi connectivity index (χ2n) is 9.52. The van der Waals surface area contributed by atoms with Gasteiger partial charge in [-0.3, -0.25) is 14.4 Å². The van der Waals surface area contributed by atoms with E-state index in [2.05, 4.69) is 15.6 Å². The molecule has 3 amide bonds. The van der Waals surface area contributed by atoms with Gasteiger partial charge < -0.3 is 29.6 Å². The van der Waals surface area contributed by atoms with E-state index in [0.29, 0.717) is 30.4 Å². The minimum atomic E-state index is -3.73. The van der Waals surface area contributed by atoms with Crippen molar-refractivity contribution in [3.63, 3.8) is 0 Å². The van der Waals surface area contributed by atoms with Crippen LogP contribution in [0.3, 0.4) is 0 Å². The van der Waals surface area contributed by atoms with E-state index in [1.807, 2.05) is 30.7 Å². The highest BCUT2D eigenvalue weighted by molar-refractivity contribution is 7.89. The molecule has 13 nitrogen and oxygen atoms in total. The van der Waals surface area contributed by atoms with Crippen LogP contribution in [0.1, 0.15) is 26.7 Å². The second kappa shape index (κ2) is 13.4. The Morgan fingerprint density at radius 1 is 1.28 bits per heavy atom. The van der Waals surface area contributed by atoms with Crippen molar-refractivity contribution < 1.29 is 32.3 Å². The molecule has 1 aromatic carbocycles. The molecule has 2 heterocycles. The van der Waals surface area contributed by atoms with Crippen LogP contribution in [0.2, 0.25) is 0 Å². The van der Waals surface area contributed by atoms with Crippen LogP contribution in [0.25, 0.3) is 11.4 Å². The zero-order valence-corrected chi connectivity index (χ0v) is 23.2. The number of nitrogens with two attached hydrogens (primary N) is 1. The number of nitrogens with one attached hydrogen (secondary N) is 2. The molecule has 1 atom stereocenters. The molecule has 39 heavy (non-hydrogen) atoms. The molecule has 2 aromatic rings. The first kappa shape index (κ1) is 29.9. The van der Waals surface area contributed by atoms with Crippen molar-refractivity contribution in [1.82, 2.24) is 25.1 Å². The third-order valence-corrected chi connectivity index (χ3v) is 7.04. The summed E-state index contributed by atoms with van der Waals surface area (Å²) in [5.74, 6) is -0.306. The van der Waals surface area contributed by atoms with Crippen LogP contribution in [-0.4, -0.2) is 85.7 Å². The first-order valence-corrected chi connectivity index (χ1v) is 14.4. The van der Waals surface area contributed by atoms with Gasteiger partial charge in [-0.15, -0.1) is 0 Å². The topological polar surface area (TPSA) is 175 Å². The predicted octanol–water partition coefficient (Wildman–Crippen LogP) is 0.105. The number of carbonyl (C=O) groups is 3. The quantitative estimate of drug-likeness (QED) is 0.443. The van der Waals surface area contributed by atoms with E-state index in [1.165, 1.54) is 12.0 Å². The van der Waals surface area contributed by atoms with E-state index in [0.717, 1.165) is 5.56 Å². The fourth-order valence-corrected chi connectivity index (χ4v) is 4.70. The summed E-state index contributed by atoms with van der Waals surface area (Å²) in [6, 6.07) is 4.55. The molecule has 0 saturated carbocycles. The van der Waals surface area contributed by atoms with Crippen molar-refractivity contribution >= 4 is 27.7 Å². The number of rotatable bonds is 6. The van der Waals surface area contributed by atoms with Gasteiger partial charge in [0.05, 0.1) is 26.0 Å². The zero-order valence-electron chi connectivity index (χ0n) is 22.4. The van der Waals surface area contributed by atoms with Crippen molar-refractivity contribution in [2.45, 2.75) is 39.3 Å². The Balaban J connectivity index is 1.89. The lowest BCUT2D eigenvalue weighted by Crippen LogP contribution is -2.53. The Bertz CT molecular complexity index is 1280. The lowest BCUT2D eigenvalue weighted by atomic mass is 10.0. The fraction of sp³-hybridized carbons (Fsp3) is 0.520. The highest BCUT2D eigenvalue weighted by atomic mass is 32.2. The number of amides is 3. The molecule has 3 rings (SSSR count). The number of hydrogen-bond donors (Lipinski definition) is 3. The molecule has 2 bridgehead atoms. The predicted molar refractivity (Wildman–Crippen MR) is 143 cm³/mol. The van der Waals surface area contributed by atoms with Gasteiger partial charge in [0.15, 0.2) is 11.5 Å². The Hall–Kier alpha value is -3.65. The number of sulfonamides is 1. The van der Waals surface area contributed by atoms with Gasteiger partial charge >= 0.3 is 0 Å². The molecule has 0 radical (unpaired) electrons. The number of aromatic nitrogens is 2. The first-order chi connectivity index (χ1) is 18.5. The lowest BCUT2D eigenvalue weighted by molar-refractivity contribution is -0.137.